The Morgan fingerprint density at radius 2 is 2.28 bits per heavy atom. The quantitative estimate of drug-likeness (QED) is 0.866. The van der Waals surface area contributed by atoms with E-state index in [0.29, 0.717) is 24.4 Å². The molecule has 2 aromatic rings. The molecule has 1 aromatic heterocycles. The molecule has 0 radical (unpaired) electrons. The normalized spacial score (nSPS) is 10.6. The summed E-state index contributed by atoms with van der Waals surface area (Å²) >= 11 is 0. The predicted octanol–water partition coefficient (Wildman–Crippen LogP) is 1.19. The van der Waals surface area contributed by atoms with E-state index in [1.54, 1.807) is 23.0 Å². The Bertz CT molecular complexity index is 527. The summed E-state index contributed by atoms with van der Waals surface area (Å²) in [4.78, 5) is 0. The Hall–Kier alpha value is -1.95. The second kappa shape index (κ2) is 5.59. The number of rotatable bonds is 5. The SMILES string of the molecule is CNCc1cn(Cc2ccc(OC)cc2F)nn1. The van der Waals surface area contributed by atoms with Gasteiger partial charge in [0.25, 0.3) is 0 Å². The summed E-state index contributed by atoms with van der Waals surface area (Å²) in [6.45, 7) is 0.998. The number of hydrogen-bond acceptors (Lipinski definition) is 4. The molecule has 1 heterocycles. The lowest BCUT2D eigenvalue weighted by molar-refractivity contribution is 0.410. The number of nitrogens with zero attached hydrogens (tertiary/aromatic N) is 3. The molecule has 0 amide bonds. The molecule has 0 atom stereocenters. The van der Waals surface area contributed by atoms with Crippen LogP contribution >= 0.6 is 0 Å². The van der Waals surface area contributed by atoms with Crippen molar-refractivity contribution in [3.8, 4) is 5.75 Å². The topological polar surface area (TPSA) is 52.0 Å². The summed E-state index contributed by atoms with van der Waals surface area (Å²) in [6.07, 6.45) is 1.79. The lowest BCUT2D eigenvalue weighted by Gasteiger charge is -2.05. The highest BCUT2D eigenvalue weighted by Crippen LogP contribution is 2.16. The van der Waals surface area contributed by atoms with E-state index >= 15 is 0 Å². The Balaban J connectivity index is 2.12. The Kier molecular flexibility index (Phi) is 3.88. The van der Waals surface area contributed by atoms with Crippen molar-refractivity contribution in [2.45, 2.75) is 13.1 Å². The lowest BCUT2D eigenvalue weighted by Crippen LogP contribution is -2.05. The molecule has 6 heteroatoms. The summed E-state index contributed by atoms with van der Waals surface area (Å²) in [5.41, 5.74) is 1.38. The Labute approximate surface area is 105 Å². The molecule has 0 aliphatic heterocycles. The van der Waals surface area contributed by atoms with Gasteiger partial charge in [-0.15, -0.1) is 5.10 Å². The third kappa shape index (κ3) is 2.84. The average Bonchev–Trinajstić information content (AvgIpc) is 2.80. The molecule has 0 spiro atoms. The molecule has 96 valence electrons. The van der Waals surface area contributed by atoms with Crippen molar-refractivity contribution in [2.75, 3.05) is 14.2 Å². The number of aromatic nitrogens is 3. The highest BCUT2D eigenvalue weighted by atomic mass is 19.1. The third-order valence-electron chi connectivity index (χ3n) is 2.54. The fraction of sp³-hybridized carbons (Fsp3) is 0.333. The monoisotopic (exact) mass is 250 g/mol. The van der Waals surface area contributed by atoms with Crippen LogP contribution in [0.15, 0.2) is 24.4 Å². The van der Waals surface area contributed by atoms with Gasteiger partial charge in [-0.1, -0.05) is 11.3 Å². The van der Waals surface area contributed by atoms with Gasteiger partial charge in [-0.05, 0) is 13.1 Å². The maximum Gasteiger partial charge on any atom is 0.131 e. The van der Waals surface area contributed by atoms with Crippen LogP contribution in [0.2, 0.25) is 0 Å². The van der Waals surface area contributed by atoms with Gasteiger partial charge in [0.1, 0.15) is 11.6 Å². The van der Waals surface area contributed by atoms with Gasteiger partial charge in [0.15, 0.2) is 0 Å². The molecule has 2 rings (SSSR count). The van der Waals surface area contributed by atoms with E-state index in [0.717, 1.165) is 5.69 Å². The van der Waals surface area contributed by atoms with Gasteiger partial charge < -0.3 is 10.1 Å². The van der Waals surface area contributed by atoms with Crippen LogP contribution in [0.3, 0.4) is 0 Å². The van der Waals surface area contributed by atoms with E-state index in [1.807, 2.05) is 7.05 Å². The van der Waals surface area contributed by atoms with Crippen LogP contribution < -0.4 is 10.1 Å². The van der Waals surface area contributed by atoms with Crippen molar-refractivity contribution in [1.82, 2.24) is 20.3 Å². The molecule has 0 saturated heterocycles. The van der Waals surface area contributed by atoms with Crippen LogP contribution in [-0.2, 0) is 13.1 Å². The molecular formula is C12H15FN4O. The molecular weight excluding hydrogens is 235 g/mol. The number of ether oxygens (including phenoxy) is 1. The summed E-state index contributed by atoms with van der Waals surface area (Å²) in [7, 11) is 3.35. The van der Waals surface area contributed by atoms with Crippen molar-refractivity contribution in [2.24, 2.45) is 0 Å². The molecule has 0 saturated carbocycles. The Morgan fingerprint density at radius 3 is 2.94 bits per heavy atom. The number of nitrogens with one attached hydrogen (secondary N) is 1. The van der Waals surface area contributed by atoms with E-state index in [-0.39, 0.29) is 5.82 Å². The first-order valence-electron chi connectivity index (χ1n) is 5.59. The molecule has 1 N–H and O–H groups in total. The molecule has 18 heavy (non-hydrogen) atoms. The smallest absolute Gasteiger partial charge is 0.131 e. The zero-order valence-electron chi connectivity index (χ0n) is 10.4. The van der Waals surface area contributed by atoms with Gasteiger partial charge in [-0.2, -0.15) is 0 Å². The number of hydrogen-bond donors (Lipinski definition) is 1. The molecule has 0 bridgehead atoms. The lowest BCUT2D eigenvalue weighted by atomic mass is 10.2. The van der Waals surface area contributed by atoms with Crippen LogP contribution in [-0.4, -0.2) is 29.2 Å². The summed E-state index contributed by atoms with van der Waals surface area (Å²) < 4.78 is 20.3. The zero-order valence-corrected chi connectivity index (χ0v) is 10.4. The average molecular weight is 250 g/mol. The fourth-order valence-corrected chi connectivity index (χ4v) is 1.64. The molecule has 0 fully saturated rings. The van der Waals surface area contributed by atoms with Crippen molar-refractivity contribution in [3.63, 3.8) is 0 Å². The first-order valence-corrected chi connectivity index (χ1v) is 5.59. The number of benzene rings is 1. The molecule has 5 nitrogen and oxygen atoms in total. The molecule has 0 aliphatic rings. The van der Waals surface area contributed by atoms with Gasteiger partial charge >= 0.3 is 0 Å². The van der Waals surface area contributed by atoms with Gasteiger partial charge in [0.05, 0.1) is 25.5 Å². The van der Waals surface area contributed by atoms with E-state index in [1.165, 1.54) is 13.2 Å². The molecule has 1 aromatic carbocycles. The molecule has 0 unspecified atom stereocenters. The van der Waals surface area contributed by atoms with Crippen LogP contribution in [0.1, 0.15) is 11.3 Å². The predicted molar refractivity (Wildman–Crippen MR) is 64.8 cm³/mol. The van der Waals surface area contributed by atoms with Gasteiger partial charge in [0, 0.05) is 18.2 Å². The second-order valence-electron chi connectivity index (χ2n) is 3.90. The van der Waals surface area contributed by atoms with Gasteiger partial charge in [-0.3, -0.25) is 0 Å². The first-order chi connectivity index (χ1) is 8.72. The van der Waals surface area contributed by atoms with Gasteiger partial charge in [0.2, 0.25) is 0 Å². The summed E-state index contributed by atoms with van der Waals surface area (Å²) in [5, 5.41) is 10.9. The van der Waals surface area contributed by atoms with E-state index in [4.69, 9.17) is 4.74 Å². The Morgan fingerprint density at radius 1 is 1.44 bits per heavy atom. The summed E-state index contributed by atoms with van der Waals surface area (Å²) in [5.74, 6) is 0.200. The minimum Gasteiger partial charge on any atom is -0.497 e. The first kappa shape index (κ1) is 12.5. The van der Waals surface area contributed by atoms with Crippen molar-refractivity contribution in [3.05, 3.63) is 41.5 Å². The maximum absolute atomic E-state index is 13.7. The van der Waals surface area contributed by atoms with Crippen LogP contribution in [0.25, 0.3) is 0 Å². The summed E-state index contributed by atoms with van der Waals surface area (Å²) in [6, 6.07) is 4.78. The highest BCUT2D eigenvalue weighted by Gasteiger charge is 2.06. The van der Waals surface area contributed by atoms with Crippen molar-refractivity contribution in [1.29, 1.82) is 0 Å². The fourth-order valence-electron chi connectivity index (χ4n) is 1.64. The van der Waals surface area contributed by atoms with Gasteiger partial charge in [-0.25, -0.2) is 9.07 Å². The van der Waals surface area contributed by atoms with Crippen molar-refractivity contribution < 1.29 is 9.13 Å². The van der Waals surface area contributed by atoms with Crippen LogP contribution in [0, 0.1) is 5.82 Å². The largest absolute Gasteiger partial charge is 0.497 e. The highest BCUT2D eigenvalue weighted by molar-refractivity contribution is 5.28. The standard InChI is InChI=1S/C12H15FN4O/c1-14-6-10-8-17(16-15-10)7-9-3-4-11(18-2)5-12(9)13/h3-5,8,14H,6-7H2,1-2H3. The molecule has 0 aliphatic carbocycles. The number of halogens is 1. The van der Waals surface area contributed by atoms with Crippen molar-refractivity contribution >= 4 is 0 Å². The maximum atomic E-state index is 13.7. The minimum absolute atomic E-state index is 0.306. The van der Waals surface area contributed by atoms with E-state index in [2.05, 4.69) is 15.6 Å². The van der Waals surface area contributed by atoms with E-state index < -0.39 is 0 Å². The van der Waals surface area contributed by atoms with Crippen LogP contribution in [0.5, 0.6) is 5.75 Å². The zero-order chi connectivity index (χ0) is 13.0. The minimum atomic E-state index is -0.306. The number of methoxy groups -OCH3 is 1. The third-order valence-corrected chi connectivity index (χ3v) is 2.54. The second-order valence-corrected chi connectivity index (χ2v) is 3.90. The van der Waals surface area contributed by atoms with E-state index in [9.17, 15) is 4.39 Å². The van der Waals surface area contributed by atoms with Crippen LogP contribution in [0.4, 0.5) is 4.39 Å².